The molecule has 0 aromatic carbocycles. The number of aliphatic hydroxyl groups is 1. The molecule has 1 rings (SSSR count). The number of aliphatic hydroxyl groups excluding tert-OH is 1. The van der Waals surface area contributed by atoms with E-state index in [2.05, 4.69) is 24.1 Å². The lowest BCUT2D eigenvalue weighted by molar-refractivity contribution is 0.150. The summed E-state index contributed by atoms with van der Waals surface area (Å²) in [5.74, 6) is 1.03. The molecule has 0 aliphatic heterocycles. The fraction of sp³-hybridized carbons (Fsp3) is 0.727. The van der Waals surface area contributed by atoms with Crippen LogP contribution in [-0.2, 0) is 13.0 Å². The Morgan fingerprint density at radius 2 is 2.33 bits per heavy atom. The summed E-state index contributed by atoms with van der Waals surface area (Å²) in [4.78, 5) is 4.22. The van der Waals surface area contributed by atoms with Crippen LogP contribution in [-0.4, -0.2) is 33.9 Å². The molecular weight excluding hydrogens is 190 g/mol. The minimum atomic E-state index is -0.337. The lowest BCUT2D eigenvalue weighted by atomic mass is 10.3. The zero-order valence-corrected chi connectivity index (χ0v) is 9.61. The van der Waals surface area contributed by atoms with E-state index in [0.29, 0.717) is 13.1 Å². The highest BCUT2D eigenvalue weighted by Gasteiger charge is 2.06. The molecule has 2 N–H and O–H groups in total. The number of hydrogen-bond donors (Lipinski definition) is 2. The molecule has 0 saturated heterocycles. The summed E-state index contributed by atoms with van der Waals surface area (Å²) < 4.78 is 2.01. The quantitative estimate of drug-likeness (QED) is 0.656. The summed E-state index contributed by atoms with van der Waals surface area (Å²) in [6, 6.07) is 0. The molecule has 4 heteroatoms. The van der Waals surface area contributed by atoms with Crippen molar-refractivity contribution in [3.63, 3.8) is 0 Å². The molecule has 1 heterocycles. The molecule has 86 valence electrons. The first-order valence-electron chi connectivity index (χ1n) is 5.66. The van der Waals surface area contributed by atoms with Gasteiger partial charge in [-0.2, -0.15) is 0 Å². The highest BCUT2D eigenvalue weighted by molar-refractivity contribution is 4.92. The molecule has 1 aromatic rings. The molecular formula is C11H21N3O. The zero-order chi connectivity index (χ0) is 11.1. The first kappa shape index (κ1) is 12.2. The second kappa shape index (κ2) is 6.58. The van der Waals surface area contributed by atoms with Gasteiger partial charge in [-0.1, -0.05) is 13.8 Å². The SMILES string of the molecule is CCCNCC(O)Cn1ccnc1CC. The van der Waals surface area contributed by atoms with E-state index in [1.54, 1.807) is 6.20 Å². The molecule has 0 aliphatic carbocycles. The maximum absolute atomic E-state index is 9.76. The van der Waals surface area contributed by atoms with Crippen molar-refractivity contribution < 1.29 is 5.11 Å². The Bertz CT molecular complexity index is 273. The van der Waals surface area contributed by atoms with Gasteiger partial charge in [-0.15, -0.1) is 0 Å². The highest BCUT2D eigenvalue weighted by atomic mass is 16.3. The van der Waals surface area contributed by atoms with Gasteiger partial charge in [0, 0.05) is 25.4 Å². The minimum absolute atomic E-state index is 0.337. The number of imidazole rings is 1. The molecule has 0 radical (unpaired) electrons. The van der Waals surface area contributed by atoms with Crippen LogP contribution >= 0.6 is 0 Å². The van der Waals surface area contributed by atoms with Gasteiger partial charge in [-0.05, 0) is 13.0 Å². The summed E-state index contributed by atoms with van der Waals surface area (Å²) in [6.45, 7) is 6.42. The van der Waals surface area contributed by atoms with Crippen molar-refractivity contribution in [1.29, 1.82) is 0 Å². The summed E-state index contributed by atoms with van der Waals surface area (Å²) in [6.07, 6.45) is 5.36. The molecule has 0 aliphatic rings. The second-order valence-electron chi connectivity index (χ2n) is 3.71. The predicted molar refractivity (Wildman–Crippen MR) is 60.8 cm³/mol. The third-order valence-corrected chi connectivity index (χ3v) is 2.33. The Morgan fingerprint density at radius 3 is 3.00 bits per heavy atom. The monoisotopic (exact) mass is 211 g/mol. The molecule has 0 spiro atoms. The van der Waals surface area contributed by atoms with Gasteiger partial charge in [0.1, 0.15) is 5.82 Å². The van der Waals surface area contributed by atoms with Crippen LogP contribution in [0.1, 0.15) is 26.1 Å². The van der Waals surface area contributed by atoms with E-state index in [9.17, 15) is 5.11 Å². The molecule has 0 fully saturated rings. The molecule has 4 nitrogen and oxygen atoms in total. The number of rotatable bonds is 7. The second-order valence-corrected chi connectivity index (χ2v) is 3.71. The van der Waals surface area contributed by atoms with E-state index in [-0.39, 0.29) is 6.10 Å². The van der Waals surface area contributed by atoms with Crippen LogP contribution in [0.5, 0.6) is 0 Å². The van der Waals surface area contributed by atoms with E-state index < -0.39 is 0 Å². The van der Waals surface area contributed by atoms with Crippen molar-refractivity contribution in [3.8, 4) is 0 Å². The van der Waals surface area contributed by atoms with E-state index in [1.807, 2.05) is 10.8 Å². The predicted octanol–water partition coefficient (Wildman–Crippen LogP) is 0.806. The van der Waals surface area contributed by atoms with Gasteiger partial charge in [0.05, 0.1) is 12.6 Å². The maximum atomic E-state index is 9.76. The van der Waals surface area contributed by atoms with Crippen molar-refractivity contribution in [2.45, 2.75) is 39.3 Å². The topological polar surface area (TPSA) is 50.1 Å². The van der Waals surface area contributed by atoms with Gasteiger partial charge < -0.3 is 15.0 Å². The van der Waals surface area contributed by atoms with Gasteiger partial charge >= 0.3 is 0 Å². The van der Waals surface area contributed by atoms with Crippen LogP contribution in [0.2, 0.25) is 0 Å². The first-order chi connectivity index (χ1) is 7.27. The molecule has 0 bridgehead atoms. The zero-order valence-electron chi connectivity index (χ0n) is 9.61. The van der Waals surface area contributed by atoms with E-state index in [0.717, 1.165) is 25.2 Å². The average molecular weight is 211 g/mol. The normalized spacial score (nSPS) is 13.0. The van der Waals surface area contributed by atoms with Crippen molar-refractivity contribution >= 4 is 0 Å². The smallest absolute Gasteiger partial charge is 0.108 e. The van der Waals surface area contributed by atoms with Crippen molar-refractivity contribution in [3.05, 3.63) is 18.2 Å². The van der Waals surface area contributed by atoms with E-state index >= 15 is 0 Å². The van der Waals surface area contributed by atoms with Crippen molar-refractivity contribution in [1.82, 2.24) is 14.9 Å². The molecule has 0 amide bonds. The van der Waals surface area contributed by atoms with Crippen LogP contribution in [0.25, 0.3) is 0 Å². The van der Waals surface area contributed by atoms with Gasteiger partial charge in [0.2, 0.25) is 0 Å². The van der Waals surface area contributed by atoms with Gasteiger partial charge in [0.15, 0.2) is 0 Å². The summed E-state index contributed by atoms with van der Waals surface area (Å²) in [7, 11) is 0. The highest BCUT2D eigenvalue weighted by Crippen LogP contribution is 2.00. The Morgan fingerprint density at radius 1 is 1.53 bits per heavy atom. The van der Waals surface area contributed by atoms with Gasteiger partial charge in [-0.3, -0.25) is 0 Å². The third-order valence-electron chi connectivity index (χ3n) is 2.33. The van der Waals surface area contributed by atoms with Crippen molar-refractivity contribution in [2.24, 2.45) is 0 Å². The number of nitrogens with one attached hydrogen (secondary N) is 1. The summed E-state index contributed by atoms with van der Waals surface area (Å²) in [5.41, 5.74) is 0. The van der Waals surface area contributed by atoms with Gasteiger partial charge in [0.25, 0.3) is 0 Å². The first-order valence-corrected chi connectivity index (χ1v) is 5.66. The summed E-state index contributed by atoms with van der Waals surface area (Å²) >= 11 is 0. The Balaban J connectivity index is 2.33. The number of hydrogen-bond acceptors (Lipinski definition) is 3. The molecule has 15 heavy (non-hydrogen) atoms. The Kier molecular flexibility index (Phi) is 5.36. The van der Waals surface area contributed by atoms with Crippen molar-refractivity contribution in [2.75, 3.05) is 13.1 Å². The number of nitrogens with zero attached hydrogens (tertiary/aromatic N) is 2. The fourth-order valence-electron chi connectivity index (χ4n) is 1.56. The van der Waals surface area contributed by atoms with Crippen LogP contribution in [0, 0.1) is 0 Å². The van der Waals surface area contributed by atoms with E-state index in [1.165, 1.54) is 0 Å². The Labute approximate surface area is 91.3 Å². The third kappa shape index (κ3) is 4.01. The number of aromatic nitrogens is 2. The summed E-state index contributed by atoms with van der Waals surface area (Å²) in [5, 5.41) is 13.0. The molecule has 1 unspecified atom stereocenters. The lowest BCUT2D eigenvalue weighted by Crippen LogP contribution is -2.31. The van der Waals surface area contributed by atoms with Gasteiger partial charge in [-0.25, -0.2) is 4.98 Å². The lowest BCUT2D eigenvalue weighted by Gasteiger charge is -2.13. The van der Waals surface area contributed by atoms with Crippen LogP contribution in [0.15, 0.2) is 12.4 Å². The minimum Gasteiger partial charge on any atom is -0.390 e. The van der Waals surface area contributed by atoms with Crippen LogP contribution in [0.3, 0.4) is 0 Å². The largest absolute Gasteiger partial charge is 0.390 e. The average Bonchev–Trinajstić information content (AvgIpc) is 2.65. The van der Waals surface area contributed by atoms with E-state index in [4.69, 9.17) is 0 Å². The Hall–Kier alpha value is -0.870. The molecule has 0 saturated carbocycles. The molecule has 1 atom stereocenters. The van der Waals surface area contributed by atoms with Crippen LogP contribution < -0.4 is 5.32 Å². The fourth-order valence-corrected chi connectivity index (χ4v) is 1.56. The maximum Gasteiger partial charge on any atom is 0.108 e. The molecule has 1 aromatic heterocycles. The van der Waals surface area contributed by atoms with Crippen LogP contribution in [0.4, 0.5) is 0 Å². The number of aryl methyl sites for hydroxylation is 1. The standard InChI is InChI=1S/C11H21N3O/c1-3-5-12-8-10(15)9-14-7-6-13-11(14)4-2/h6-7,10,12,15H,3-5,8-9H2,1-2H3.